The Labute approximate surface area is 170 Å². The van der Waals surface area contributed by atoms with Gasteiger partial charge in [0.15, 0.2) is 5.76 Å². The summed E-state index contributed by atoms with van der Waals surface area (Å²) >= 11 is 0. The van der Waals surface area contributed by atoms with Gasteiger partial charge in [0.2, 0.25) is 5.95 Å². The molecule has 1 N–H and O–H groups in total. The van der Waals surface area contributed by atoms with Gasteiger partial charge in [-0.15, -0.1) is 5.10 Å². The molecular weight excluding hydrogens is 390 g/mol. The first kappa shape index (κ1) is 19.1. The molecule has 0 spiro atoms. The van der Waals surface area contributed by atoms with E-state index in [2.05, 4.69) is 20.5 Å². The molecular formula is C19H17N7O4. The van der Waals surface area contributed by atoms with Crippen molar-refractivity contribution in [3.8, 4) is 0 Å². The lowest BCUT2D eigenvalue weighted by molar-refractivity contribution is -0.385. The van der Waals surface area contributed by atoms with E-state index in [4.69, 9.17) is 4.42 Å². The zero-order chi connectivity index (χ0) is 21.1. The fourth-order valence-corrected chi connectivity index (χ4v) is 2.83. The van der Waals surface area contributed by atoms with E-state index in [0.717, 1.165) is 17.3 Å². The highest BCUT2D eigenvalue weighted by molar-refractivity contribution is 6.01. The normalized spacial score (nSPS) is 10.8. The van der Waals surface area contributed by atoms with Gasteiger partial charge in [-0.2, -0.15) is 5.10 Å². The number of aromatic nitrogens is 5. The maximum absolute atomic E-state index is 12.4. The van der Waals surface area contributed by atoms with Crippen LogP contribution in [0.15, 0.2) is 59.5 Å². The highest BCUT2D eigenvalue weighted by Gasteiger charge is 2.15. The van der Waals surface area contributed by atoms with Crippen molar-refractivity contribution in [1.29, 1.82) is 0 Å². The molecule has 11 heteroatoms. The highest BCUT2D eigenvalue weighted by atomic mass is 16.6. The van der Waals surface area contributed by atoms with E-state index in [1.54, 1.807) is 17.1 Å². The number of hydrogen-bond acceptors (Lipinski definition) is 7. The summed E-state index contributed by atoms with van der Waals surface area (Å²) in [5.74, 6) is 0.161. The second-order valence-electron chi connectivity index (χ2n) is 6.57. The molecule has 3 heterocycles. The number of amides is 1. The number of furan rings is 1. The quantitative estimate of drug-likeness (QED) is 0.368. The first-order valence-corrected chi connectivity index (χ1v) is 8.99. The van der Waals surface area contributed by atoms with Crippen LogP contribution in [-0.4, -0.2) is 35.4 Å². The Morgan fingerprint density at radius 3 is 2.80 bits per heavy atom. The first-order valence-electron chi connectivity index (χ1n) is 8.99. The van der Waals surface area contributed by atoms with Crippen LogP contribution in [0.4, 0.5) is 11.6 Å². The van der Waals surface area contributed by atoms with Crippen LogP contribution in [0.3, 0.4) is 0 Å². The fraction of sp³-hybridized carbons (Fsp3) is 0.158. The fourth-order valence-electron chi connectivity index (χ4n) is 2.83. The van der Waals surface area contributed by atoms with E-state index in [-0.39, 0.29) is 23.9 Å². The predicted octanol–water partition coefficient (Wildman–Crippen LogP) is 2.63. The lowest BCUT2D eigenvalue weighted by Gasteiger charge is -2.04. The molecule has 0 unspecified atom stereocenters. The van der Waals surface area contributed by atoms with Gasteiger partial charge in [-0.25, -0.2) is 9.67 Å². The number of carbonyl (C=O) groups excluding carboxylic acids is 1. The van der Waals surface area contributed by atoms with Crippen LogP contribution in [0, 0.1) is 17.0 Å². The molecule has 4 rings (SSSR count). The van der Waals surface area contributed by atoms with E-state index in [9.17, 15) is 14.9 Å². The molecule has 0 atom stereocenters. The summed E-state index contributed by atoms with van der Waals surface area (Å²) in [6, 6.07) is 11.1. The minimum Gasteiger partial charge on any atom is -0.454 e. The number of anilines is 1. The molecule has 0 saturated carbocycles. The van der Waals surface area contributed by atoms with Gasteiger partial charge in [0, 0.05) is 0 Å². The molecule has 1 aromatic carbocycles. The summed E-state index contributed by atoms with van der Waals surface area (Å²) < 4.78 is 8.49. The average Bonchev–Trinajstić information content (AvgIpc) is 3.45. The monoisotopic (exact) mass is 407 g/mol. The van der Waals surface area contributed by atoms with Gasteiger partial charge in [-0.05, 0) is 30.2 Å². The Morgan fingerprint density at radius 2 is 2.03 bits per heavy atom. The molecule has 0 aliphatic carbocycles. The number of nitro groups is 1. The molecule has 0 bridgehead atoms. The van der Waals surface area contributed by atoms with Crippen LogP contribution >= 0.6 is 0 Å². The Bertz CT molecular complexity index is 1210. The van der Waals surface area contributed by atoms with Gasteiger partial charge in [-0.1, -0.05) is 24.3 Å². The van der Waals surface area contributed by atoms with E-state index in [0.29, 0.717) is 12.3 Å². The SMILES string of the molecule is Cc1ccccc1Cn1cnc(NC(=O)c2ccc(Cn3cc([N+](=O)[O-])cn3)o2)n1. The zero-order valence-corrected chi connectivity index (χ0v) is 15.9. The van der Waals surface area contributed by atoms with Crippen molar-refractivity contribution >= 4 is 17.5 Å². The van der Waals surface area contributed by atoms with Crippen LogP contribution in [0.5, 0.6) is 0 Å². The molecule has 1 amide bonds. The van der Waals surface area contributed by atoms with Gasteiger partial charge in [0.25, 0.3) is 5.91 Å². The number of hydrogen-bond donors (Lipinski definition) is 1. The molecule has 0 aliphatic heterocycles. The number of carbonyl (C=O) groups is 1. The van der Waals surface area contributed by atoms with Crippen LogP contribution in [0.25, 0.3) is 0 Å². The predicted molar refractivity (Wildman–Crippen MR) is 105 cm³/mol. The number of nitrogens with one attached hydrogen (secondary N) is 1. The summed E-state index contributed by atoms with van der Waals surface area (Å²) in [4.78, 5) is 26.7. The summed E-state index contributed by atoms with van der Waals surface area (Å²) in [5.41, 5.74) is 2.13. The summed E-state index contributed by atoms with van der Waals surface area (Å²) in [5, 5.41) is 21.5. The van der Waals surface area contributed by atoms with Crippen molar-refractivity contribution in [2.24, 2.45) is 0 Å². The van der Waals surface area contributed by atoms with E-state index < -0.39 is 10.8 Å². The molecule has 3 aromatic heterocycles. The van der Waals surface area contributed by atoms with E-state index >= 15 is 0 Å². The Morgan fingerprint density at radius 1 is 1.20 bits per heavy atom. The van der Waals surface area contributed by atoms with Crippen molar-refractivity contribution in [2.75, 3.05) is 5.32 Å². The summed E-state index contributed by atoms with van der Waals surface area (Å²) in [7, 11) is 0. The van der Waals surface area contributed by atoms with Crippen LogP contribution in [0.1, 0.15) is 27.4 Å². The molecule has 0 saturated heterocycles. The minimum absolute atomic E-state index is 0.0712. The van der Waals surface area contributed by atoms with Crippen molar-refractivity contribution in [3.63, 3.8) is 0 Å². The smallest absolute Gasteiger partial charge is 0.307 e. The third-order valence-electron chi connectivity index (χ3n) is 4.39. The van der Waals surface area contributed by atoms with E-state index in [1.807, 2.05) is 31.2 Å². The van der Waals surface area contributed by atoms with Crippen molar-refractivity contribution in [3.05, 3.63) is 87.9 Å². The molecule has 0 fully saturated rings. The number of benzene rings is 1. The van der Waals surface area contributed by atoms with Gasteiger partial charge < -0.3 is 4.42 Å². The number of aryl methyl sites for hydroxylation is 1. The van der Waals surface area contributed by atoms with Crippen molar-refractivity contribution < 1.29 is 14.1 Å². The summed E-state index contributed by atoms with van der Waals surface area (Å²) in [6.07, 6.45) is 3.98. The van der Waals surface area contributed by atoms with Crippen molar-refractivity contribution in [2.45, 2.75) is 20.0 Å². The number of rotatable bonds is 7. The second kappa shape index (κ2) is 7.99. The minimum atomic E-state index is -0.532. The molecule has 30 heavy (non-hydrogen) atoms. The lowest BCUT2D eigenvalue weighted by Crippen LogP contribution is -2.13. The third-order valence-corrected chi connectivity index (χ3v) is 4.39. The largest absolute Gasteiger partial charge is 0.454 e. The summed E-state index contributed by atoms with van der Waals surface area (Å²) in [6.45, 7) is 2.71. The maximum atomic E-state index is 12.4. The van der Waals surface area contributed by atoms with E-state index in [1.165, 1.54) is 16.9 Å². The maximum Gasteiger partial charge on any atom is 0.307 e. The Kier molecular flexibility index (Phi) is 5.08. The van der Waals surface area contributed by atoms with Gasteiger partial charge in [-0.3, -0.25) is 24.9 Å². The van der Waals surface area contributed by atoms with Gasteiger partial charge in [0.1, 0.15) is 24.5 Å². The molecule has 0 radical (unpaired) electrons. The molecule has 11 nitrogen and oxygen atoms in total. The molecule has 152 valence electrons. The standard InChI is InChI=1S/C19H17N7O4/c1-13-4-2-3-5-14(13)9-25-12-20-19(23-25)22-18(27)17-7-6-16(30-17)11-24-10-15(8-21-24)26(28)29/h2-8,10,12H,9,11H2,1H3,(H,22,23,27). The van der Waals surface area contributed by atoms with Crippen LogP contribution < -0.4 is 5.32 Å². The van der Waals surface area contributed by atoms with Crippen molar-refractivity contribution in [1.82, 2.24) is 24.5 Å². The Balaban J connectivity index is 1.38. The average molecular weight is 407 g/mol. The number of nitrogens with zero attached hydrogens (tertiary/aromatic N) is 6. The molecule has 4 aromatic rings. The third kappa shape index (κ3) is 4.24. The molecule has 0 aliphatic rings. The van der Waals surface area contributed by atoms with Gasteiger partial charge >= 0.3 is 5.69 Å². The second-order valence-corrected chi connectivity index (χ2v) is 6.57. The topological polar surface area (TPSA) is 134 Å². The first-order chi connectivity index (χ1) is 14.5. The highest BCUT2D eigenvalue weighted by Crippen LogP contribution is 2.14. The lowest BCUT2D eigenvalue weighted by atomic mass is 10.1. The van der Waals surface area contributed by atoms with Crippen LogP contribution in [-0.2, 0) is 13.1 Å². The van der Waals surface area contributed by atoms with Crippen LogP contribution in [0.2, 0.25) is 0 Å². The van der Waals surface area contributed by atoms with Gasteiger partial charge in [0.05, 0.1) is 18.0 Å². The Hall–Kier alpha value is -4.28. The zero-order valence-electron chi connectivity index (χ0n) is 15.9.